The molecule has 1 aromatic rings. The molecule has 0 amide bonds. The zero-order valence-electron chi connectivity index (χ0n) is 17.4. The Bertz CT molecular complexity index is 1080. The van der Waals surface area contributed by atoms with Gasteiger partial charge in [0.15, 0.2) is 0 Å². The second kappa shape index (κ2) is 8.63. The van der Waals surface area contributed by atoms with Crippen molar-refractivity contribution in [3.05, 3.63) is 69.8 Å². The number of hydrogen-bond donors (Lipinski definition) is 1. The van der Waals surface area contributed by atoms with E-state index in [-0.39, 0.29) is 18.0 Å². The number of sulfonamides is 1. The Hall–Kier alpha value is -2.39. The van der Waals surface area contributed by atoms with Gasteiger partial charge in [0.05, 0.1) is 23.5 Å². The minimum absolute atomic E-state index is 0.152. The SMILES string of the molecule is COC(=O)c1cc(CC2=CCC3=C[C@@H](NS(=O)(=O)C(C)C)CC3=C2)cc(C(F)(F)F)c1. The van der Waals surface area contributed by atoms with Crippen molar-refractivity contribution in [1.82, 2.24) is 4.72 Å². The number of hydrogen-bond acceptors (Lipinski definition) is 4. The highest BCUT2D eigenvalue weighted by Crippen LogP contribution is 2.35. The van der Waals surface area contributed by atoms with E-state index in [1.165, 1.54) is 6.07 Å². The van der Waals surface area contributed by atoms with Gasteiger partial charge in [0.2, 0.25) is 10.0 Å². The molecule has 3 rings (SSSR count). The highest BCUT2D eigenvalue weighted by molar-refractivity contribution is 7.90. The van der Waals surface area contributed by atoms with E-state index < -0.39 is 33.0 Å². The van der Waals surface area contributed by atoms with Crippen LogP contribution < -0.4 is 4.72 Å². The number of nitrogens with one attached hydrogen (secondary N) is 1. The first-order valence-corrected chi connectivity index (χ1v) is 11.3. The lowest BCUT2D eigenvalue weighted by molar-refractivity contribution is -0.137. The lowest BCUT2D eigenvalue weighted by Gasteiger charge is -2.16. The molecule has 0 unspecified atom stereocenters. The van der Waals surface area contributed by atoms with E-state index in [1.807, 2.05) is 18.2 Å². The van der Waals surface area contributed by atoms with Gasteiger partial charge in [-0.05, 0) is 73.6 Å². The number of ether oxygens (including phenoxy) is 1. The molecule has 2 aliphatic rings. The molecule has 0 spiro atoms. The van der Waals surface area contributed by atoms with Crippen LogP contribution in [0.25, 0.3) is 0 Å². The number of carbonyl (C=O) groups excluding carboxylic acids is 1. The van der Waals surface area contributed by atoms with Gasteiger partial charge in [-0.3, -0.25) is 0 Å². The molecule has 1 aromatic carbocycles. The Kier molecular flexibility index (Phi) is 6.48. The van der Waals surface area contributed by atoms with Crippen LogP contribution in [-0.4, -0.2) is 32.8 Å². The van der Waals surface area contributed by atoms with Gasteiger partial charge in [0.25, 0.3) is 0 Å². The number of methoxy groups -OCH3 is 1. The molecule has 0 fully saturated rings. The van der Waals surface area contributed by atoms with Gasteiger partial charge in [-0.25, -0.2) is 17.9 Å². The minimum Gasteiger partial charge on any atom is -0.465 e. The first-order chi connectivity index (χ1) is 14.4. The maximum atomic E-state index is 13.3. The molecule has 31 heavy (non-hydrogen) atoms. The summed E-state index contributed by atoms with van der Waals surface area (Å²) >= 11 is 0. The number of benzene rings is 1. The van der Waals surface area contributed by atoms with Crippen molar-refractivity contribution in [3.8, 4) is 0 Å². The number of alkyl halides is 3. The maximum Gasteiger partial charge on any atom is 0.416 e. The minimum atomic E-state index is -4.58. The monoisotopic (exact) mass is 455 g/mol. The highest BCUT2D eigenvalue weighted by atomic mass is 32.2. The zero-order chi connectivity index (χ0) is 23.0. The van der Waals surface area contributed by atoms with Gasteiger partial charge in [-0.1, -0.05) is 18.2 Å². The second-order valence-electron chi connectivity index (χ2n) is 7.95. The molecule has 0 saturated carbocycles. The molecular weight excluding hydrogens is 431 g/mol. The third-order valence-corrected chi connectivity index (χ3v) is 7.16. The molecule has 1 N–H and O–H groups in total. The van der Waals surface area contributed by atoms with Crippen LogP contribution in [0, 0.1) is 0 Å². The summed E-state index contributed by atoms with van der Waals surface area (Å²) in [6.07, 6.45) is 2.38. The molecule has 9 heteroatoms. The van der Waals surface area contributed by atoms with Crippen LogP contribution in [0.2, 0.25) is 0 Å². The number of halogens is 3. The van der Waals surface area contributed by atoms with Crippen LogP contribution >= 0.6 is 0 Å². The number of rotatable bonds is 6. The molecule has 2 aliphatic carbocycles. The number of allylic oxidation sites excluding steroid dienone is 4. The normalized spacial score (nSPS) is 18.9. The predicted molar refractivity (Wildman–Crippen MR) is 111 cm³/mol. The fourth-order valence-corrected chi connectivity index (χ4v) is 4.47. The van der Waals surface area contributed by atoms with Crippen LogP contribution in [-0.2, 0) is 27.4 Å². The Morgan fingerprint density at radius 3 is 2.55 bits per heavy atom. The molecule has 1 atom stereocenters. The fourth-order valence-electron chi connectivity index (χ4n) is 3.63. The fraction of sp³-hybridized carbons (Fsp3) is 0.409. The lowest BCUT2D eigenvalue weighted by Crippen LogP contribution is -2.37. The third-order valence-electron chi connectivity index (χ3n) is 5.28. The number of fused-ring (bicyclic) bond motifs is 1. The van der Waals surface area contributed by atoms with Gasteiger partial charge in [-0.15, -0.1) is 0 Å². The van der Waals surface area contributed by atoms with Gasteiger partial charge >= 0.3 is 12.1 Å². The van der Waals surface area contributed by atoms with Crippen LogP contribution in [0.15, 0.2) is 53.1 Å². The van der Waals surface area contributed by atoms with Crippen LogP contribution in [0.1, 0.15) is 48.2 Å². The molecule has 5 nitrogen and oxygen atoms in total. The Morgan fingerprint density at radius 1 is 1.23 bits per heavy atom. The van der Waals surface area contributed by atoms with Crippen molar-refractivity contribution in [1.29, 1.82) is 0 Å². The van der Waals surface area contributed by atoms with Gasteiger partial charge in [0.1, 0.15) is 0 Å². The first-order valence-electron chi connectivity index (χ1n) is 9.80. The Morgan fingerprint density at radius 2 is 1.94 bits per heavy atom. The Balaban J connectivity index is 1.80. The average molecular weight is 455 g/mol. The summed E-state index contributed by atoms with van der Waals surface area (Å²) in [5.41, 5.74) is 2.09. The van der Waals surface area contributed by atoms with Crippen LogP contribution in [0.5, 0.6) is 0 Å². The third kappa shape index (κ3) is 5.46. The summed E-state index contributed by atoms with van der Waals surface area (Å²) in [5.74, 6) is -0.829. The molecule has 0 bridgehead atoms. The van der Waals surface area contributed by atoms with Gasteiger partial charge in [-0.2, -0.15) is 13.2 Å². The lowest BCUT2D eigenvalue weighted by atomic mass is 9.91. The molecule has 0 saturated heterocycles. The summed E-state index contributed by atoms with van der Waals surface area (Å²) in [6.45, 7) is 3.21. The highest BCUT2D eigenvalue weighted by Gasteiger charge is 2.32. The van der Waals surface area contributed by atoms with E-state index in [0.717, 1.165) is 36.0 Å². The van der Waals surface area contributed by atoms with Crippen LogP contribution in [0.3, 0.4) is 0 Å². The van der Waals surface area contributed by atoms with E-state index >= 15 is 0 Å². The van der Waals surface area contributed by atoms with E-state index in [2.05, 4.69) is 9.46 Å². The number of esters is 1. The molecule has 0 heterocycles. The van der Waals surface area contributed by atoms with E-state index in [0.29, 0.717) is 18.4 Å². The summed E-state index contributed by atoms with van der Waals surface area (Å²) in [6, 6.07) is 2.89. The molecule has 0 aromatic heterocycles. The van der Waals surface area contributed by atoms with Crippen molar-refractivity contribution in [2.75, 3.05) is 7.11 Å². The number of carbonyl (C=O) groups is 1. The van der Waals surface area contributed by atoms with Crippen molar-refractivity contribution < 1.29 is 31.1 Å². The zero-order valence-corrected chi connectivity index (χ0v) is 18.2. The maximum absolute atomic E-state index is 13.3. The van der Waals surface area contributed by atoms with Gasteiger partial charge < -0.3 is 4.74 Å². The van der Waals surface area contributed by atoms with Crippen molar-refractivity contribution in [2.45, 2.75) is 50.6 Å². The first kappa shape index (κ1) is 23.3. The summed E-state index contributed by atoms with van der Waals surface area (Å²) in [5, 5.41) is -0.541. The standard InChI is InChI=1S/C22H24F3NO4S/c1-13(2)31(28,29)26-20-11-16-5-4-14(7-17(16)12-20)6-15-8-18(21(27)30-3)10-19(9-15)22(23,24)25/h4,7-11,13,20,26H,5-6,12H2,1-3H3/t20-/m1/s1. The van der Waals surface area contributed by atoms with Crippen molar-refractivity contribution in [2.24, 2.45) is 0 Å². The second-order valence-corrected chi connectivity index (χ2v) is 10.2. The smallest absolute Gasteiger partial charge is 0.416 e. The Labute approximate surface area is 179 Å². The molecule has 0 aliphatic heterocycles. The van der Waals surface area contributed by atoms with E-state index in [9.17, 15) is 26.4 Å². The largest absolute Gasteiger partial charge is 0.465 e. The van der Waals surface area contributed by atoms with E-state index in [4.69, 9.17) is 0 Å². The predicted octanol–water partition coefficient (Wildman–Crippen LogP) is 4.32. The van der Waals surface area contributed by atoms with Crippen molar-refractivity contribution >= 4 is 16.0 Å². The summed E-state index contributed by atoms with van der Waals surface area (Å²) in [4.78, 5) is 11.8. The topological polar surface area (TPSA) is 72.5 Å². The molecule has 0 radical (unpaired) electrons. The van der Waals surface area contributed by atoms with Crippen LogP contribution in [0.4, 0.5) is 13.2 Å². The van der Waals surface area contributed by atoms with Crippen molar-refractivity contribution in [3.63, 3.8) is 0 Å². The van der Waals surface area contributed by atoms with Gasteiger partial charge in [0, 0.05) is 6.04 Å². The summed E-state index contributed by atoms with van der Waals surface area (Å²) < 4.78 is 71.3. The van der Waals surface area contributed by atoms with E-state index in [1.54, 1.807) is 13.8 Å². The molecular formula is C22H24F3NO4S. The molecule has 168 valence electrons. The quantitative estimate of drug-likeness (QED) is 0.649. The summed E-state index contributed by atoms with van der Waals surface area (Å²) in [7, 11) is -2.29. The average Bonchev–Trinajstić information content (AvgIpc) is 3.07.